The number of nitrogens with zero attached hydrogens (tertiary/aromatic N) is 2. The van der Waals surface area contributed by atoms with Gasteiger partial charge in [-0.3, -0.25) is 4.72 Å². The van der Waals surface area contributed by atoms with Crippen LogP contribution in [0.5, 0.6) is 0 Å². The maximum Gasteiger partial charge on any atom is 0.443 e. The maximum absolute atomic E-state index is 12.6. The van der Waals surface area contributed by atoms with Gasteiger partial charge >= 0.3 is 6.18 Å². The van der Waals surface area contributed by atoms with Crippen molar-refractivity contribution in [3.63, 3.8) is 0 Å². The summed E-state index contributed by atoms with van der Waals surface area (Å²) in [6.45, 7) is 1.76. The van der Waals surface area contributed by atoms with Gasteiger partial charge in [-0.25, -0.2) is 4.98 Å². The smallest absolute Gasteiger partial charge is 0.358 e. The predicted octanol–water partition coefficient (Wildman–Crippen LogP) is 3.62. The van der Waals surface area contributed by atoms with Crippen LogP contribution in [0, 0.1) is 18.3 Å². The highest BCUT2D eigenvalue weighted by molar-refractivity contribution is 7.92. The van der Waals surface area contributed by atoms with E-state index < -0.39 is 26.2 Å². The highest BCUT2D eigenvalue weighted by Crippen LogP contribution is 2.34. The molecule has 130 valence electrons. The Labute approximate surface area is 144 Å². The number of nitriles is 1. The van der Waals surface area contributed by atoms with Crippen LogP contribution in [0.4, 0.5) is 18.9 Å². The van der Waals surface area contributed by atoms with Crippen molar-refractivity contribution >= 4 is 38.0 Å². The first-order valence-electron chi connectivity index (χ1n) is 6.70. The Morgan fingerprint density at radius 3 is 2.68 bits per heavy atom. The second-order valence-corrected chi connectivity index (χ2v) is 7.58. The van der Waals surface area contributed by atoms with E-state index in [2.05, 4.69) is 14.7 Å². The molecule has 0 atom stereocenters. The minimum Gasteiger partial charge on any atom is -0.358 e. The number of fused-ring (bicyclic) bond motifs is 1. The molecule has 11 heteroatoms. The molecule has 0 amide bonds. The number of hydrogen-bond acceptors (Lipinski definition) is 5. The van der Waals surface area contributed by atoms with Crippen LogP contribution < -0.4 is 4.72 Å². The molecule has 0 radical (unpaired) electrons. The minimum absolute atomic E-state index is 0.114. The normalized spacial score (nSPS) is 12.3. The molecule has 0 aliphatic rings. The van der Waals surface area contributed by atoms with Crippen LogP contribution in [0.25, 0.3) is 10.9 Å². The average Bonchev–Trinajstić information content (AvgIpc) is 3.16. The van der Waals surface area contributed by atoms with E-state index in [1.807, 2.05) is 6.07 Å². The fourth-order valence-corrected chi connectivity index (χ4v) is 4.34. The monoisotopic (exact) mass is 386 g/mol. The molecular formula is C14H9F3N4O2S2. The molecule has 2 heterocycles. The number of rotatable bonds is 3. The molecule has 2 aromatic heterocycles. The third-order valence-corrected chi connectivity index (χ3v) is 5.69. The number of aryl methyl sites for hydroxylation is 1. The summed E-state index contributed by atoms with van der Waals surface area (Å²) in [6, 6.07) is 5.06. The number of anilines is 1. The van der Waals surface area contributed by atoms with Crippen molar-refractivity contribution in [2.75, 3.05) is 4.72 Å². The highest BCUT2D eigenvalue weighted by Gasteiger charge is 2.36. The van der Waals surface area contributed by atoms with Gasteiger partial charge in [0, 0.05) is 17.0 Å². The van der Waals surface area contributed by atoms with Gasteiger partial charge in [-0.2, -0.15) is 26.9 Å². The van der Waals surface area contributed by atoms with E-state index in [0.717, 1.165) is 10.9 Å². The number of sulfonamides is 1. The van der Waals surface area contributed by atoms with E-state index in [-0.39, 0.29) is 17.0 Å². The van der Waals surface area contributed by atoms with Gasteiger partial charge in [-0.15, -0.1) is 11.3 Å². The summed E-state index contributed by atoms with van der Waals surface area (Å²) in [7, 11) is -4.31. The van der Waals surface area contributed by atoms with E-state index in [0.29, 0.717) is 16.5 Å². The summed E-state index contributed by atoms with van der Waals surface area (Å²) in [5.74, 6) is 0. The third-order valence-electron chi connectivity index (χ3n) is 3.41. The van der Waals surface area contributed by atoms with Crippen molar-refractivity contribution in [2.24, 2.45) is 0 Å². The highest BCUT2D eigenvalue weighted by atomic mass is 32.2. The maximum atomic E-state index is 12.6. The second-order valence-electron chi connectivity index (χ2n) is 5.09. The number of benzene rings is 1. The van der Waals surface area contributed by atoms with Gasteiger partial charge in [0.25, 0.3) is 10.0 Å². The number of aromatic amines is 1. The minimum atomic E-state index is -4.71. The SMILES string of the molecule is Cc1ccc(NS(=O)(=O)c2csc(C(F)(F)F)n2)c2[nH]cc(C#N)c12. The lowest BCUT2D eigenvalue weighted by Crippen LogP contribution is -2.14. The molecule has 0 saturated carbocycles. The van der Waals surface area contributed by atoms with Crippen LogP contribution >= 0.6 is 11.3 Å². The van der Waals surface area contributed by atoms with Crippen molar-refractivity contribution in [2.45, 2.75) is 18.1 Å². The molecule has 0 aliphatic heterocycles. The Morgan fingerprint density at radius 1 is 1.36 bits per heavy atom. The second kappa shape index (κ2) is 5.75. The van der Waals surface area contributed by atoms with Crippen LogP contribution in [0.3, 0.4) is 0 Å². The molecule has 0 unspecified atom stereocenters. The van der Waals surface area contributed by atoms with Crippen molar-refractivity contribution in [3.05, 3.63) is 39.8 Å². The van der Waals surface area contributed by atoms with E-state index in [1.165, 1.54) is 12.3 Å². The molecule has 2 N–H and O–H groups in total. The summed E-state index contributed by atoms with van der Waals surface area (Å²) >= 11 is 0.202. The first-order chi connectivity index (χ1) is 11.6. The van der Waals surface area contributed by atoms with Crippen molar-refractivity contribution in [1.82, 2.24) is 9.97 Å². The van der Waals surface area contributed by atoms with Gasteiger partial charge in [-0.1, -0.05) is 6.07 Å². The van der Waals surface area contributed by atoms with Crippen molar-refractivity contribution < 1.29 is 21.6 Å². The van der Waals surface area contributed by atoms with Gasteiger partial charge in [0.15, 0.2) is 10.0 Å². The third kappa shape index (κ3) is 3.06. The lowest BCUT2D eigenvalue weighted by Gasteiger charge is -2.08. The molecule has 3 aromatic rings. The zero-order chi connectivity index (χ0) is 18.4. The van der Waals surface area contributed by atoms with Crippen molar-refractivity contribution in [1.29, 1.82) is 5.26 Å². The Kier molecular flexibility index (Phi) is 3.97. The van der Waals surface area contributed by atoms with Gasteiger partial charge in [0.05, 0.1) is 16.8 Å². The molecule has 1 aromatic carbocycles. The number of H-pyrrole nitrogens is 1. The number of nitrogens with one attached hydrogen (secondary N) is 2. The van der Waals surface area contributed by atoms with Crippen LogP contribution in [0.15, 0.2) is 28.7 Å². The molecular weight excluding hydrogens is 377 g/mol. The lowest BCUT2D eigenvalue weighted by molar-refractivity contribution is -0.137. The molecule has 0 aliphatic carbocycles. The van der Waals surface area contributed by atoms with Crippen LogP contribution in [0.1, 0.15) is 16.1 Å². The summed E-state index contributed by atoms with van der Waals surface area (Å²) in [6.07, 6.45) is -3.28. The Bertz CT molecular complexity index is 1110. The molecule has 3 rings (SSSR count). The number of halogens is 3. The summed E-state index contributed by atoms with van der Waals surface area (Å²) in [5, 5.41) is 8.51. The quantitative estimate of drug-likeness (QED) is 0.718. The zero-order valence-electron chi connectivity index (χ0n) is 12.5. The fourth-order valence-electron chi connectivity index (χ4n) is 2.30. The molecule has 0 spiro atoms. The summed E-state index contributed by atoms with van der Waals surface area (Å²) in [4.78, 5) is 5.95. The van der Waals surface area contributed by atoms with Crippen LogP contribution in [-0.2, 0) is 16.2 Å². The predicted molar refractivity (Wildman–Crippen MR) is 85.7 cm³/mol. The van der Waals surface area contributed by atoms with E-state index in [9.17, 15) is 21.6 Å². The topological polar surface area (TPSA) is 98.6 Å². The number of thiazole rings is 1. The Morgan fingerprint density at radius 2 is 2.08 bits per heavy atom. The number of hydrogen-bond donors (Lipinski definition) is 2. The van der Waals surface area contributed by atoms with Gasteiger partial charge < -0.3 is 4.98 Å². The standard InChI is InChI=1S/C14H9F3N4O2S2/c1-7-2-3-9(12-11(7)8(4-18)5-19-12)21-25(22,23)10-6-24-13(20-10)14(15,16)17/h2-3,5-6,19,21H,1H3. The molecule has 25 heavy (non-hydrogen) atoms. The van der Waals surface area contributed by atoms with Crippen molar-refractivity contribution in [3.8, 4) is 6.07 Å². The van der Waals surface area contributed by atoms with E-state index in [4.69, 9.17) is 5.26 Å². The molecule has 0 bridgehead atoms. The summed E-state index contributed by atoms with van der Waals surface area (Å²) < 4.78 is 64.7. The van der Waals surface area contributed by atoms with E-state index >= 15 is 0 Å². The Balaban J connectivity index is 2.04. The number of aromatic nitrogens is 2. The Hall–Kier alpha value is -2.58. The average molecular weight is 386 g/mol. The zero-order valence-corrected chi connectivity index (χ0v) is 14.1. The molecule has 0 fully saturated rings. The van der Waals surface area contributed by atoms with Crippen LogP contribution in [0.2, 0.25) is 0 Å². The molecule has 6 nitrogen and oxygen atoms in total. The van der Waals surface area contributed by atoms with Crippen LogP contribution in [-0.4, -0.2) is 18.4 Å². The summed E-state index contributed by atoms with van der Waals surface area (Å²) in [5.41, 5.74) is 1.57. The van der Waals surface area contributed by atoms with E-state index in [1.54, 1.807) is 13.0 Å². The first-order valence-corrected chi connectivity index (χ1v) is 9.06. The first kappa shape index (κ1) is 17.2. The fraction of sp³-hybridized carbons (Fsp3) is 0.143. The number of alkyl halides is 3. The van der Waals surface area contributed by atoms with Gasteiger partial charge in [0.2, 0.25) is 0 Å². The van der Waals surface area contributed by atoms with Gasteiger partial charge in [-0.05, 0) is 18.6 Å². The largest absolute Gasteiger partial charge is 0.443 e. The van der Waals surface area contributed by atoms with Gasteiger partial charge in [0.1, 0.15) is 6.07 Å². The molecule has 0 saturated heterocycles. The lowest BCUT2D eigenvalue weighted by atomic mass is 10.1.